The van der Waals surface area contributed by atoms with E-state index in [9.17, 15) is 49.5 Å². The molecule has 1 aliphatic heterocycles. The lowest BCUT2D eigenvalue weighted by Gasteiger charge is -2.38. The van der Waals surface area contributed by atoms with E-state index in [0.29, 0.717) is 23.4 Å². The van der Waals surface area contributed by atoms with E-state index >= 15 is 0 Å². The zero-order valence-corrected chi connectivity index (χ0v) is 24.1. The van der Waals surface area contributed by atoms with Gasteiger partial charge in [-0.2, -0.15) is 26.3 Å². The van der Waals surface area contributed by atoms with Crippen molar-refractivity contribution in [2.45, 2.75) is 65.3 Å². The minimum absolute atomic E-state index is 0.0101. The Morgan fingerprint density at radius 3 is 1.98 bits per heavy atom. The molecule has 1 saturated carbocycles. The van der Waals surface area contributed by atoms with Gasteiger partial charge in [0.2, 0.25) is 18.2 Å². The van der Waals surface area contributed by atoms with Crippen LogP contribution in [0.15, 0.2) is 53.4 Å². The minimum atomic E-state index is -6.26. The monoisotopic (exact) mass is 651 g/mol. The van der Waals surface area contributed by atoms with Crippen LogP contribution >= 0.6 is 11.8 Å². The third-order valence-corrected chi connectivity index (χ3v) is 9.91. The fraction of sp³-hybridized carbons (Fsp3) is 0.483. The highest BCUT2D eigenvalue weighted by Crippen LogP contribution is 2.54. The standard InChI is InChI=1S/C29H29F8N3O3S/c1-38-24(43)25(39-17-41)12-10-18(11-13-25)23(42)40-15-14-26(16-40,44-22-8-6-21(30)7-9-22)19-2-4-20(5-3-19)27(31,28(32,33)34)29(35,36)37/h2-9,17-18H,10-16H2,1H3,(H,38,43)(H,39,41)/t18?,25?,26-/m0/s1. The average molecular weight is 652 g/mol. The van der Waals surface area contributed by atoms with Gasteiger partial charge in [-0.15, -0.1) is 11.8 Å². The maximum atomic E-state index is 14.7. The lowest BCUT2D eigenvalue weighted by atomic mass is 9.75. The van der Waals surface area contributed by atoms with Crippen molar-refractivity contribution in [1.82, 2.24) is 15.5 Å². The Morgan fingerprint density at radius 1 is 0.909 bits per heavy atom. The van der Waals surface area contributed by atoms with E-state index < -0.39 is 45.6 Å². The van der Waals surface area contributed by atoms with Crippen molar-refractivity contribution < 1.29 is 49.5 Å². The van der Waals surface area contributed by atoms with Crippen LogP contribution in [-0.2, 0) is 24.8 Å². The quantitative estimate of drug-likeness (QED) is 0.282. The Kier molecular flexibility index (Phi) is 9.30. The van der Waals surface area contributed by atoms with Gasteiger partial charge in [0.25, 0.3) is 0 Å². The first kappa shape index (κ1) is 33.5. The maximum Gasteiger partial charge on any atom is 0.435 e. The molecular formula is C29H29F8N3O3S. The molecule has 0 unspecified atom stereocenters. The predicted molar refractivity (Wildman–Crippen MR) is 144 cm³/mol. The number of alkyl halides is 7. The van der Waals surface area contributed by atoms with Gasteiger partial charge in [0.1, 0.15) is 11.4 Å². The normalized spacial score (nSPS) is 24.6. The summed E-state index contributed by atoms with van der Waals surface area (Å²) in [6.45, 7) is 0.201. The number of halogens is 8. The molecule has 240 valence electrons. The van der Waals surface area contributed by atoms with Crippen molar-refractivity contribution in [2.24, 2.45) is 5.92 Å². The number of rotatable bonds is 8. The number of hydrogen-bond donors (Lipinski definition) is 2. The molecule has 2 N–H and O–H groups in total. The van der Waals surface area contributed by atoms with Crippen LogP contribution in [-0.4, -0.2) is 61.2 Å². The second-order valence-corrected chi connectivity index (χ2v) is 12.4. The third kappa shape index (κ3) is 6.11. The largest absolute Gasteiger partial charge is 0.435 e. The van der Waals surface area contributed by atoms with Crippen LogP contribution in [0.25, 0.3) is 0 Å². The van der Waals surface area contributed by atoms with Crippen LogP contribution in [0.3, 0.4) is 0 Å². The van der Waals surface area contributed by atoms with E-state index in [-0.39, 0.29) is 62.6 Å². The molecule has 0 bridgehead atoms. The van der Waals surface area contributed by atoms with E-state index in [2.05, 4.69) is 10.6 Å². The van der Waals surface area contributed by atoms with E-state index in [1.54, 1.807) is 4.90 Å². The summed E-state index contributed by atoms with van der Waals surface area (Å²) in [5.41, 5.74) is -8.10. The summed E-state index contributed by atoms with van der Waals surface area (Å²) in [7, 11) is 1.43. The number of thioether (sulfide) groups is 1. The summed E-state index contributed by atoms with van der Waals surface area (Å²) >= 11 is 1.17. The molecule has 3 amide bonds. The van der Waals surface area contributed by atoms with E-state index in [0.717, 1.165) is 12.1 Å². The molecule has 1 heterocycles. The second-order valence-electron chi connectivity index (χ2n) is 11.0. The molecule has 0 spiro atoms. The molecule has 1 atom stereocenters. The smallest absolute Gasteiger partial charge is 0.357 e. The molecule has 1 saturated heterocycles. The van der Waals surface area contributed by atoms with Crippen molar-refractivity contribution in [2.75, 3.05) is 20.1 Å². The zero-order chi connectivity index (χ0) is 32.6. The Labute approximate surface area is 251 Å². The van der Waals surface area contributed by atoms with Gasteiger partial charge in [-0.1, -0.05) is 24.3 Å². The molecule has 6 nitrogen and oxygen atoms in total. The molecule has 0 aromatic heterocycles. The molecule has 2 aliphatic rings. The molecule has 0 radical (unpaired) electrons. The first-order chi connectivity index (χ1) is 20.5. The van der Waals surface area contributed by atoms with Gasteiger partial charge in [0.15, 0.2) is 0 Å². The first-order valence-electron chi connectivity index (χ1n) is 13.6. The SMILES string of the molecule is CNC(=O)C1(NC=O)CCC(C(=O)N2CC[C@@](Sc3ccc(F)cc3)(c3ccc(C(F)(C(F)(F)F)C(F)(F)F)cc3)C2)CC1. The Bertz CT molecular complexity index is 1350. The number of benzene rings is 2. The number of nitrogens with one attached hydrogen (secondary N) is 2. The summed E-state index contributed by atoms with van der Waals surface area (Å²) in [6.07, 6.45) is -10.9. The van der Waals surface area contributed by atoms with Gasteiger partial charge in [-0.05, 0) is 61.9 Å². The van der Waals surface area contributed by atoms with Gasteiger partial charge in [0.05, 0.1) is 4.75 Å². The summed E-state index contributed by atoms with van der Waals surface area (Å²) in [6, 6.07) is 8.19. The van der Waals surface area contributed by atoms with Gasteiger partial charge in [-0.3, -0.25) is 14.4 Å². The van der Waals surface area contributed by atoms with Crippen LogP contribution in [0.5, 0.6) is 0 Å². The molecule has 4 rings (SSSR count). The van der Waals surface area contributed by atoms with Crippen LogP contribution in [0, 0.1) is 11.7 Å². The second kappa shape index (κ2) is 12.2. The number of likely N-dealkylation sites (N-methyl/N-ethyl adjacent to an activating group) is 1. The van der Waals surface area contributed by atoms with E-state index in [1.165, 1.54) is 43.1 Å². The fourth-order valence-corrected chi connectivity index (χ4v) is 7.36. The number of hydrogen-bond acceptors (Lipinski definition) is 4. The van der Waals surface area contributed by atoms with Crippen LogP contribution in [0.1, 0.15) is 43.2 Å². The van der Waals surface area contributed by atoms with Crippen LogP contribution in [0.2, 0.25) is 0 Å². The highest BCUT2D eigenvalue weighted by atomic mass is 32.2. The maximum absolute atomic E-state index is 14.7. The van der Waals surface area contributed by atoms with Gasteiger partial charge >= 0.3 is 18.0 Å². The Morgan fingerprint density at radius 2 is 1.48 bits per heavy atom. The molecule has 1 aliphatic carbocycles. The Hall–Kier alpha value is -3.36. The van der Waals surface area contributed by atoms with Crippen molar-refractivity contribution in [3.05, 3.63) is 65.5 Å². The van der Waals surface area contributed by atoms with Crippen LogP contribution < -0.4 is 10.6 Å². The van der Waals surface area contributed by atoms with Crippen LogP contribution in [0.4, 0.5) is 35.1 Å². The number of amides is 3. The first-order valence-corrected chi connectivity index (χ1v) is 14.4. The molecular weight excluding hydrogens is 622 g/mol. The van der Waals surface area contributed by atoms with E-state index in [4.69, 9.17) is 0 Å². The molecule has 15 heteroatoms. The number of carbonyl (C=O) groups is 3. The highest BCUT2D eigenvalue weighted by molar-refractivity contribution is 8.00. The topological polar surface area (TPSA) is 78.5 Å². The summed E-state index contributed by atoms with van der Waals surface area (Å²) in [5, 5.41) is 5.08. The molecule has 2 aromatic rings. The Balaban J connectivity index is 1.62. The molecule has 44 heavy (non-hydrogen) atoms. The summed E-state index contributed by atoms with van der Waals surface area (Å²) in [5.74, 6) is -1.66. The van der Waals surface area contributed by atoms with Crippen molar-refractivity contribution in [1.29, 1.82) is 0 Å². The molecule has 2 aromatic carbocycles. The van der Waals surface area contributed by atoms with E-state index in [1.807, 2.05) is 0 Å². The molecule has 2 fully saturated rings. The lowest BCUT2D eigenvalue weighted by molar-refractivity contribution is -0.348. The average Bonchev–Trinajstić information content (AvgIpc) is 3.41. The number of nitrogens with zero attached hydrogens (tertiary/aromatic N) is 1. The number of carbonyl (C=O) groups excluding carboxylic acids is 3. The van der Waals surface area contributed by atoms with Crippen molar-refractivity contribution in [3.63, 3.8) is 0 Å². The predicted octanol–water partition coefficient (Wildman–Crippen LogP) is 5.76. The van der Waals surface area contributed by atoms with Crippen molar-refractivity contribution in [3.8, 4) is 0 Å². The van der Waals surface area contributed by atoms with Gasteiger partial charge in [-0.25, -0.2) is 8.78 Å². The summed E-state index contributed by atoms with van der Waals surface area (Å²) < 4.78 is 107. The van der Waals surface area contributed by atoms with Crippen molar-refractivity contribution >= 4 is 30.0 Å². The zero-order valence-electron chi connectivity index (χ0n) is 23.3. The number of likely N-dealkylation sites (tertiary alicyclic amines) is 1. The minimum Gasteiger partial charge on any atom is -0.357 e. The van der Waals surface area contributed by atoms with Gasteiger partial charge < -0.3 is 15.5 Å². The summed E-state index contributed by atoms with van der Waals surface area (Å²) in [4.78, 5) is 39.3. The lowest BCUT2D eigenvalue weighted by Crippen LogP contribution is -2.58. The highest BCUT2D eigenvalue weighted by Gasteiger charge is 2.73. The van der Waals surface area contributed by atoms with Gasteiger partial charge in [0, 0.05) is 36.5 Å². The third-order valence-electron chi connectivity index (χ3n) is 8.45. The fourth-order valence-electron chi connectivity index (χ4n) is 5.97.